The molecule has 2 amide bonds. The summed E-state index contributed by atoms with van der Waals surface area (Å²) >= 11 is 0. The van der Waals surface area contributed by atoms with Crippen LogP contribution in [0.3, 0.4) is 0 Å². The first-order chi connectivity index (χ1) is 8.02. The minimum atomic E-state index is -0.485. The van der Waals surface area contributed by atoms with Crippen molar-refractivity contribution in [2.24, 2.45) is 11.8 Å². The Morgan fingerprint density at radius 3 is 2.94 bits per heavy atom. The Morgan fingerprint density at radius 1 is 1.59 bits per heavy atom. The summed E-state index contributed by atoms with van der Waals surface area (Å²) in [5.74, 6) is 3.68. The molecule has 2 aliphatic rings. The summed E-state index contributed by atoms with van der Waals surface area (Å²) in [5.41, 5.74) is -0.485. The fraction of sp³-hybridized carbons (Fsp3) is 0.692. The second-order valence-electron chi connectivity index (χ2n) is 5.31. The summed E-state index contributed by atoms with van der Waals surface area (Å²) in [5, 5.41) is 10.7. The summed E-state index contributed by atoms with van der Waals surface area (Å²) in [6.45, 7) is 4.58. The van der Waals surface area contributed by atoms with Crippen LogP contribution in [0.4, 0.5) is 4.79 Å². The van der Waals surface area contributed by atoms with E-state index in [4.69, 9.17) is 11.8 Å². The Bertz CT molecular complexity index is 398. The quantitative estimate of drug-likeness (QED) is 0.667. The topological polar surface area (TPSA) is 56.2 Å². The molecule has 17 heavy (non-hydrogen) atoms. The van der Waals surface area contributed by atoms with E-state index in [2.05, 4.69) is 25.1 Å². The van der Waals surface area contributed by atoms with Gasteiger partial charge in [0.1, 0.15) is 11.4 Å². The molecule has 1 spiro atoms. The van der Waals surface area contributed by atoms with Gasteiger partial charge >= 0.3 is 6.03 Å². The molecular formula is C13H19N3O. The van der Waals surface area contributed by atoms with E-state index in [9.17, 15) is 4.79 Å². The lowest BCUT2D eigenvalue weighted by Crippen LogP contribution is -2.57. The monoisotopic (exact) mass is 233 g/mol. The minimum absolute atomic E-state index is 0.214. The van der Waals surface area contributed by atoms with Crippen molar-refractivity contribution in [1.29, 1.82) is 5.41 Å². The minimum Gasteiger partial charge on any atom is -0.300 e. The first kappa shape index (κ1) is 12.0. The largest absolute Gasteiger partial charge is 0.324 e. The molecular weight excluding hydrogens is 214 g/mol. The van der Waals surface area contributed by atoms with Gasteiger partial charge in [-0.3, -0.25) is 10.7 Å². The number of rotatable bonds is 1. The summed E-state index contributed by atoms with van der Waals surface area (Å²) in [7, 11) is 0. The second kappa shape index (κ2) is 4.06. The molecule has 0 aromatic heterocycles. The molecule has 1 aliphatic heterocycles. The van der Waals surface area contributed by atoms with Crippen LogP contribution in [0.5, 0.6) is 0 Å². The van der Waals surface area contributed by atoms with Crippen molar-refractivity contribution in [3.63, 3.8) is 0 Å². The van der Waals surface area contributed by atoms with Gasteiger partial charge in [0, 0.05) is 0 Å². The van der Waals surface area contributed by atoms with Crippen molar-refractivity contribution >= 4 is 11.9 Å². The van der Waals surface area contributed by atoms with Crippen LogP contribution in [0, 0.1) is 29.6 Å². The molecule has 1 saturated carbocycles. The van der Waals surface area contributed by atoms with Crippen LogP contribution in [-0.4, -0.2) is 28.9 Å². The summed E-state index contributed by atoms with van der Waals surface area (Å²) < 4.78 is 0. The van der Waals surface area contributed by atoms with Crippen LogP contribution in [0.15, 0.2) is 0 Å². The number of carbonyl (C=O) groups excluding carboxylic acids is 1. The van der Waals surface area contributed by atoms with Gasteiger partial charge in [-0.15, -0.1) is 6.42 Å². The van der Waals surface area contributed by atoms with E-state index >= 15 is 0 Å². The summed E-state index contributed by atoms with van der Waals surface area (Å²) in [6, 6.07) is -0.214. The van der Waals surface area contributed by atoms with Crippen LogP contribution in [0.25, 0.3) is 0 Å². The normalized spacial score (nSPS) is 37.1. The highest BCUT2D eigenvalue weighted by atomic mass is 16.2. The number of amides is 2. The van der Waals surface area contributed by atoms with Gasteiger partial charge in [0.15, 0.2) is 0 Å². The van der Waals surface area contributed by atoms with Crippen molar-refractivity contribution in [3.05, 3.63) is 0 Å². The van der Waals surface area contributed by atoms with Gasteiger partial charge in [0.05, 0.1) is 6.54 Å². The third kappa shape index (κ3) is 1.61. The Balaban J connectivity index is 2.40. The van der Waals surface area contributed by atoms with E-state index in [-0.39, 0.29) is 12.6 Å². The number of nitrogens with one attached hydrogen (secondary N) is 2. The van der Waals surface area contributed by atoms with Crippen LogP contribution in [0.2, 0.25) is 0 Å². The number of nitrogens with zero attached hydrogens (tertiary/aromatic N) is 1. The molecule has 1 aliphatic carbocycles. The fourth-order valence-corrected chi connectivity index (χ4v) is 3.24. The van der Waals surface area contributed by atoms with Crippen molar-refractivity contribution in [2.75, 3.05) is 6.54 Å². The number of hydrogen-bond donors (Lipinski definition) is 2. The second-order valence-corrected chi connectivity index (χ2v) is 5.31. The van der Waals surface area contributed by atoms with E-state index in [1.54, 1.807) is 4.90 Å². The highest BCUT2D eigenvalue weighted by Crippen LogP contribution is 2.43. The van der Waals surface area contributed by atoms with Gasteiger partial charge in [0.25, 0.3) is 0 Å². The smallest absolute Gasteiger partial charge is 0.300 e. The Labute approximate surface area is 102 Å². The molecule has 4 nitrogen and oxygen atoms in total. The lowest BCUT2D eigenvalue weighted by molar-refractivity contribution is 0.0932. The third-order valence-electron chi connectivity index (χ3n) is 4.21. The predicted molar refractivity (Wildman–Crippen MR) is 66.7 cm³/mol. The number of hydrogen-bond acceptors (Lipinski definition) is 2. The highest BCUT2D eigenvalue weighted by molar-refractivity contribution is 6.08. The van der Waals surface area contributed by atoms with Crippen LogP contribution in [0.1, 0.15) is 33.1 Å². The molecule has 0 bridgehead atoms. The lowest BCUT2D eigenvalue weighted by Gasteiger charge is -2.46. The van der Waals surface area contributed by atoms with Gasteiger partial charge in [-0.25, -0.2) is 4.79 Å². The highest BCUT2D eigenvalue weighted by Gasteiger charge is 2.55. The van der Waals surface area contributed by atoms with E-state index in [0.29, 0.717) is 17.7 Å². The molecule has 2 rings (SSSR count). The van der Waals surface area contributed by atoms with E-state index < -0.39 is 5.54 Å². The molecule has 2 fully saturated rings. The Morgan fingerprint density at radius 2 is 2.29 bits per heavy atom. The number of terminal acetylenes is 1. The molecule has 3 unspecified atom stereocenters. The maximum atomic E-state index is 11.9. The van der Waals surface area contributed by atoms with E-state index in [0.717, 1.165) is 19.3 Å². The lowest BCUT2D eigenvalue weighted by atomic mass is 9.68. The van der Waals surface area contributed by atoms with Crippen molar-refractivity contribution in [3.8, 4) is 12.3 Å². The Kier molecular flexibility index (Phi) is 2.86. The average Bonchev–Trinajstić information content (AvgIpc) is 2.50. The van der Waals surface area contributed by atoms with Gasteiger partial charge in [0.2, 0.25) is 0 Å². The van der Waals surface area contributed by atoms with Crippen LogP contribution in [-0.2, 0) is 0 Å². The third-order valence-corrected chi connectivity index (χ3v) is 4.21. The molecule has 1 heterocycles. The van der Waals surface area contributed by atoms with Crippen molar-refractivity contribution in [2.45, 2.75) is 38.6 Å². The number of carbonyl (C=O) groups is 1. The standard InChI is InChI=1S/C13H19N3O/c1-4-7-16-12(17)15-11(14)13(16)8-9(2)5-6-10(13)3/h1,9-10H,5-8H2,2-3H3,(H2,14,15,17). The molecule has 0 aromatic rings. The zero-order chi connectivity index (χ0) is 12.6. The average molecular weight is 233 g/mol. The molecule has 0 aromatic carbocycles. The van der Waals surface area contributed by atoms with Gasteiger partial charge in [-0.1, -0.05) is 26.2 Å². The summed E-state index contributed by atoms with van der Waals surface area (Å²) in [4.78, 5) is 13.6. The maximum absolute atomic E-state index is 11.9. The first-order valence-electron chi connectivity index (χ1n) is 6.13. The maximum Gasteiger partial charge on any atom is 0.324 e. The van der Waals surface area contributed by atoms with Gasteiger partial charge in [-0.2, -0.15) is 0 Å². The molecule has 92 valence electrons. The predicted octanol–water partition coefficient (Wildman–Crippen LogP) is 1.82. The molecule has 0 radical (unpaired) electrons. The zero-order valence-electron chi connectivity index (χ0n) is 10.4. The molecule has 1 saturated heterocycles. The molecule has 2 N–H and O–H groups in total. The fourth-order valence-electron chi connectivity index (χ4n) is 3.24. The van der Waals surface area contributed by atoms with E-state index in [1.807, 2.05) is 0 Å². The first-order valence-corrected chi connectivity index (χ1v) is 6.13. The van der Waals surface area contributed by atoms with Crippen LogP contribution >= 0.6 is 0 Å². The molecule has 4 heteroatoms. The Hall–Kier alpha value is -1.50. The number of urea groups is 1. The SMILES string of the molecule is C#CCN1C(=O)NC(=N)C12CC(C)CCC2C. The van der Waals surface area contributed by atoms with Crippen molar-refractivity contribution in [1.82, 2.24) is 10.2 Å². The van der Waals surface area contributed by atoms with Gasteiger partial charge < -0.3 is 4.90 Å². The zero-order valence-corrected chi connectivity index (χ0v) is 10.4. The number of amidine groups is 1. The van der Waals surface area contributed by atoms with Gasteiger partial charge in [-0.05, 0) is 24.7 Å². The van der Waals surface area contributed by atoms with E-state index in [1.165, 1.54) is 0 Å². The van der Waals surface area contributed by atoms with Crippen molar-refractivity contribution < 1.29 is 4.79 Å². The summed E-state index contributed by atoms with van der Waals surface area (Å²) in [6.07, 6.45) is 8.39. The van der Waals surface area contributed by atoms with Crippen LogP contribution < -0.4 is 5.32 Å². The molecule has 3 atom stereocenters.